The van der Waals surface area contributed by atoms with E-state index in [0.29, 0.717) is 0 Å². The zero-order chi connectivity index (χ0) is 97.2. The molecule has 0 saturated carbocycles. The normalized spacial score (nSPS) is 11.5. The number of rotatable bonds is 17. The third-order valence-electron chi connectivity index (χ3n) is 28.6. The molecule has 8 nitrogen and oxygen atoms in total. The molecule has 0 aliphatic carbocycles. The fourth-order valence-corrected chi connectivity index (χ4v) is 22.8. The second kappa shape index (κ2) is 37.3. The quantitative estimate of drug-likeness (QED) is 0.0905. The van der Waals surface area contributed by atoms with Crippen LogP contribution in [0.15, 0.2) is 565 Å². The van der Waals surface area contributed by atoms with Gasteiger partial charge < -0.3 is 37.1 Å². The van der Waals surface area contributed by atoms with Crippen LogP contribution in [-0.2, 0) is 0 Å². The van der Waals surface area contributed by atoms with E-state index in [2.05, 4.69) is 558 Å². The molecule has 0 saturated heterocycles. The van der Waals surface area contributed by atoms with Gasteiger partial charge in [0.2, 0.25) is 0 Å². The minimum atomic E-state index is 0.893. The predicted octanol–water partition coefficient (Wildman–Crippen LogP) is 39.7. The van der Waals surface area contributed by atoms with Crippen LogP contribution >= 0.6 is 11.3 Å². The van der Waals surface area contributed by atoms with E-state index in [4.69, 9.17) is 13.3 Å². The molecular weight excluding hydrogens is 1810 g/mol. The molecule has 0 aliphatic rings. The second-order valence-electron chi connectivity index (χ2n) is 37.3. The zero-order valence-electron chi connectivity index (χ0n) is 79.9. The van der Waals surface area contributed by atoms with E-state index in [1.54, 1.807) is 0 Å². The first kappa shape index (κ1) is 86.8. The highest BCUT2D eigenvalue weighted by molar-refractivity contribution is 7.25. The Morgan fingerprint density at radius 3 is 0.762 bits per heavy atom. The minimum Gasteiger partial charge on any atom is -0.455 e. The molecule has 0 atom stereocenters. The SMILES string of the molecule is c1ccc(N(c2ccccc2)c2ccc(-c3cc(-c4ccc(-n5c6ccccc6c6ccccc65)cc4)c4oc5ccccc5c4c3)cc2)cc1.c1ccc(N(c2ccccc2)c2ccc(-c3cc(-c4ccc5c(c4)c4ccccc4n5-c4ccccc4)c4oc5ccccc5c4c3)cc2)cc1.c1ccc(N(c2ccccc2)c2ccc(-c3cc(-c4ccc5sc6ccccc6c5c4)c4oc5ccccc5c4c3)cc2)cc1. The smallest absolute Gasteiger partial charge is 0.143 e. The van der Waals surface area contributed by atoms with E-state index in [-0.39, 0.29) is 0 Å². The molecule has 23 aromatic carbocycles. The predicted molar refractivity (Wildman–Crippen MR) is 619 cm³/mol. The van der Waals surface area contributed by atoms with Crippen LogP contribution in [0.25, 0.3) is 208 Å². The number of hydrogen-bond donors (Lipinski definition) is 0. The van der Waals surface area contributed by atoms with E-state index in [1.165, 1.54) is 63.8 Å². The Hall–Kier alpha value is -19.3. The van der Waals surface area contributed by atoms with Crippen LogP contribution in [-0.4, -0.2) is 9.13 Å². The molecule has 0 bridgehead atoms. The lowest BCUT2D eigenvalue weighted by Crippen LogP contribution is -2.09. The van der Waals surface area contributed by atoms with Crippen molar-refractivity contribution in [3.8, 4) is 78.1 Å². The largest absolute Gasteiger partial charge is 0.455 e. The molecule has 0 radical (unpaired) electrons. The molecule has 6 heterocycles. The van der Waals surface area contributed by atoms with E-state index in [1.807, 2.05) is 29.5 Å². The number of fused-ring (bicyclic) bond motifs is 18. The highest BCUT2D eigenvalue weighted by atomic mass is 32.1. The van der Waals surface area contributed by atoms with Gasteiger partial charge in [0.05, 0.1) is 22.1 Å². The summed E-state index contributed by atoms with van der Waals surface area (Å²) in [6, 6.07) is 196. The summed E-state index contributed by atoms with van der Waals surface area (Å²) >= 11 is 1.85. The number of thiophene rings is 1. The maximum Gasteiger partial charge on any atom is 0.143 e. The summed E-state index contributed by atoms with van der Waals surface area (Å²) in [5, 5.41) is 14.3. The van der Waals surface area contributed by atoms with Gasteiger partial charge in [-0.05, 0) is 287 Å². The molecule has 29 rings (SSSR count). The first-order valence-corrected chi connectivity index (χ1v) is 50.7. The van der Waals surface area contributed by atoms with Gasteiger partial charge in [-0.25, -0.2) is 0 Å². The summed E-state index contributed by atoms with van der Waals surface area (Å²) in [5.74, 6) is 0. The van der Waals surface area contributed by atoms with Crippen molar-refractivity contribution in [2.45, 2.75) is 0 Å². The Morgan fingerprint density at radius 1 is 0.150 bits per heavy atom. The number of furan rings is 3. The number of hydrogen-bond acceptors (Lipinski definition) is 7. The standard InChI is InChI=1S/2C48H32N2O.C42H27NOS/c1-4-14-36(15-5-1)49(37-16-6-2-7-17-37)39-27-24-33(25-28-39)35-31-42(48-44(32-35)41-21-11-13-23-47(41)51-48)34-26-29-46-43(30-34)40-20-10-12-22-45(40)50(46)38-18-8-3-9-19-38;1-3-13-36(14-4-1)49(37-15-5-2-6-16-37)38-27-23-33(24-28-38)35-31-43(48-44(32-35)42-19-9-12-22-47(42)51-48)34-25-29-39(30-26-34)50-45-20-10-7-17-40(45)41-18-8-11-21-46(41)50;1-3-11-31(12-4-1)43(32-13-5-2-6-14-32)33-22-19-28(20-23-33)30-26-36(42-38(27-30)34-15-7-9-17-39(34)44-42)29-21-24-41-37(25-29)35-16-8-10-18-40(35)45-41/h2*1-32H;1-27H. The Balaban J connectivity index is 0.000000109. The van der Waals surface area contributed by atoms with Gasteiger partial charge >= 0.3 is 0 Å². The summed E-state index contributed by atoms with van der Waals surface area (Å²) in [6.07, 6.45) is 0. The summed E-state index contributed by atoms with van der Waals surface area (Å²) in [5.41, 5.74) is 36.1. The molecule has 0 aliphatic heterocycles. The Labute approximate surface area is 853 Å². The lowest BCUT2D eigenvalue weighted by Gasteiger charge is -2.25. The fraction of sp³-hybridized carbons (Fsp3) is 0. The molecule has 6 aromatic heterocycles. The highest BCUT2D eigenvalue weighted by Crippen LogP contribution is 2.50. The molecule has 0 N–H and O–H groups in total. The lowest BCUT2D eigenvalue weighted by atomic mass is 9.94. The molecule has 0 unspecified atom stereocenters. The van der Waals surface area contributed by atoms with Crippen LogP contribution in [0.5, 0.6) is 0 Å². The third-order valence-corrected chi connectivity index (χ3v) is 29.8. The van der Waals surface area contributed by atoms with Crippen molar-refractivity contribution < 1.29 is 13.3 Å². The van der Waals surface area contributed by atoms with E-state index in [0.717, 1.165) is 195 Å². The van der Waals surface area contributed by atoms with Gasteiger partial charge in [0.25, 0.3) is 0 Å². The second-order valence-corrected chi connectivity index (χ2v) is 38.4. The van der Waals surface area contributed by atoms with Crippen molar-refractivity contribution in [1.29, 1.82) is 0 Å². The molecule has 692 valence electrons. The van der Waals surface area contributed by atoms with Crippen molar-refractivity contribution in [2.75, 3.05) is 14.7 Å². The summed E-state index contributed by atoms with van der Waals surface area (Å²) < 4.78 is 27.1. The third kappa shape index (κ3) is 15.9. The molecule has 0 spiro atoms. The zero-order valence-corrected chi connectivity index (χ0v) is 80.7. The van der Waals surface area contributed by atoms with Crippen LogP contribution in [0.4, 0.5) is 51.2 Å². The van der Waals surface area contributed by atoms with Crippen LogP contribution in [0.3, 0.4) is 0 Å². The summed E-state index contributed by atoms with van der Waals surface area (Å²) in [6.45, 7) is 0. The molecular formula is C138H91N5O3S. The van der Waals surface area contributed by atoms with Crippen molar-refractivity contribution >= 4 is 192 Å². The monoisotopic (exact) mass is 1900 g/mol. The molecule has 0 amide bonds. The number of anilines is 9. The maximum absolute atomic E-state index is 6.64. The van der Waals surface area contributed by atoms with Crippen molar-refractivity contribution in [3.63, 3.8) is 0 Å². The number of para-hydroxylation sites is 13. The lowest BCUT2D eigenvalue weighted by molar-refractivity contribution is 0.669. The van der Waals surface area contributed by atoms with Gasteiger partial charge in [0.1, 0.15) is 33.5 Å². The molecule has 0 fully saturated rings. The summed E-state index contributed by atoms with van der Waals surface area (Å²) in [7, 11) is 0. The first-order chi connectivity index (χ1) is 72.9. The maximum atomic E-state index is 6.64. The number of nitrogens with zero attached hydrogens (tertiary/aromatic N) is 5. The van der Waals surface area contributed by atoms with E-state index < -0.39 is 0 Å². The van der Waals surface area contributed by atoms with Crippen LogP contribution < -0.4 is 14.7 Å². The fourth-order valence-electron chi connectivity index (χ4n) is 21.7. The molecule has 9 heteroatoms. The van der Waals surface area contributed by atoms with E-state index >= 15 is 0 Å². The molecule has 147 heavy (non-hydrogen) atoms. The van der Waals surface area contributed by atoms with Crippen molar-refractivity contribution in [1.82, 2.24) is 9.13 Å². The first-order valence-electron chi connectivity index (χ1n) is 49.9. The van der Waals surface area contributed by atoms with Crippen LogP contribution in [0.1, 0.15) is 0 Å². The number of benzene rings is 23. The van der Waals surface area contributed by atoms with Gasteiger partial charge in [-0.2, -0.15) is 0 Å². The van der Waals surface area contributed by atoms with Gasteiger partial charge in [-0.15, -0.1) is 11.3 Å². The van der Waals surface area contributed by atoms with Gasteiger partial charge in [0, 0.05) is 153 Å². The van der Waals surface area contributed by atoms with Gasteiger partial charge in [-0.1, -0.05) is 315 Å². The Kier molecular flexibility index (Phi) is 22.0. The van der Waals surface area contributed by atoms with Crippen LogP contribution in [0, 0.1) is 0 Å². The van der Waals surface area contributed by atoms with Gasteiger partial charge in [0.15, 0.2) is 0 Å². The van der Waals surface area contributed by atoms with Crippen molar-refractivity contribution in [3.05, 3.63) is 552 Å². The average molecular weight is 1900 g/mol. The van der Waals surface area contributed by atoms with Crippen molar-refractivity contribution in [2.24, 2.45) is 0 Å². The minimum absolute atomic E-state index is 0.893. The van der Waals surface area contributed by atoms with Gasteiger partial charge in [-0.3, -0.25) is 0 Å². The molecule has 29 aromatic rings. The summed E-state index contributed by atoms with van der Waals surface area (Å²) in [4.78, 5) is 6.88. The van der Waals surface area contributed by atoms with Crippen LogP contribution in [0.2, 0.25) is 0 Å². The Bertz CT molecular complexity index is 9790. The number of aromatic nitrogens is 2. The topological polar surface area (TPSA) is 59.0 Å². The highest BCUT2D eigenvalue weighted by Gasteiger charge is 2.26. The Morgan fingerprint density at radius 2 is 0.395 bits per heavy atom. The van der Waals surface area contributed by atoms with E-state index in [9.17, 15) is 0 Å². The average Bonchev–Trinajstić information content (AvgIpc) is 1.58.